The number of likely N-dealkylation sites (tertiary alicyclic amines) is 1. The number of alkyl halides is 1. The number of benzene rings is 1. The van der Waals surface area contributed by atoms with Crippen molar-refractivity contribution in [1.82, 2.24) is 25.2 Å². The lowest BCUT2D eigenvalue weighted by Gasteiger charge is -2.36. The number of nitrogens with one attached hydrogen (secondary N) is 1. The van der Waals surface area contributed by atoms with Crippen LogP contribution < -0.4 is 5.32 Å². The van der Waals surface area contributed by atoms with E-state index < -0.39 is 23.0 Å². The molecular formula is C36H41F2N5O2. The number of aromatic nitrogens is 3. The third kappa shape index (κ3) is 6.89. The van der Waals surface area contributed by atoms with Crippen molar-refractivity contribution in [2.45, 2.75) is 76.6 Å². The molecule has 2 atom stereocenters. The number of piperidine rings is 1. The quantitative estimate of drug-likeness (QED) is 0.239. The number of fused-ring (bicyclic) bond motifs is 2. The third-order valence-electron chi connectivity index (χ3n) is 9.74. The molecule has 1 saturated heterocycles. The Morgan fingerprint density at radius 1 is 1.09 bits per heavy atom. The molecule has 0 saturated carbocycles. The van der Waals surface area contributed by atoms with Gasteiger partial charge in [-0.15, -0.1) is 0 Å². The van der Waals surface area contributed by atoms with Crippen molar-refractivity contribution < 1.29 is 18.7 Å². The summed E-state index contributed by atoms with van der Waals surface area (Å²) in [5.41, 5.74) is 2.51. The average Bonchev–Trinajstić information content (AvgIpc) is 3.03. The molecule has 1 aromatic carbocycles. The molecule has 6 rings (SSSR count). The number of hydrogen-bond donors (Lipinski definition) is 2. The Bertz CT molecular complexity index is 1670. The lowest BCUT2D eigenvalue weighted by molar-refractivity contribution is -0.00592. The summed E-state index contributed by atoms with van der Waals surface area (Å²) in [6.07, 6.45) is 8.28. The number of aliphatic hydroxyl groups is 1. The van der Waals surface area contributed by atoms with Crippen LogP contribution in [0, 0.1) is 11.7 Å². The van der Waals surface area contributed by atoms with E-state index in [1.165, 1.54) is 6.07 Å². The van der Waals surface area contributed by atoms with Crippen LogP contribution in [0.2, 0.25) is 0 Å². The minimum absolute atomic E-state index is 0.140. The van der Waals surface area contributed by atoms with Gasteiger partial charge < -0.3 is 15.3 Å². The molecule has 7 nitrogen and oxygen atoms in total. The summed E-state index contributed by atoms with van der Waals surface area (Å²) in [5.74, 6) is -1.11. The van der Waals surface area contributed by atoms with Gasteiger partial charge >= 0.3 is 0 Å². The Hall–Kier alpha value is -3.82. The van der Waals surface area contributed by atoms with E-state index in [4.69, 9.17) is 0 Å². The van der Waals surface area contributed by atoms with Gasteiger partial charge in [-0.3, -0.25) is 14.8 Å². The average molecular weight is 614 g/mol. The zero-order valence-electron chi connectivity index (χ0n) is 26.2. The number of hydrogen-bond acceptors (Lipinski definition) is 6. The maximum atomic E-state index is 15.5. The van der Waals surface area contributed by atoms with E-state index in [0.717, 1.165) is 47.7 Å². The van der Waals surface area contributed by atoms with Crippen LogP contribution in [0.4, 0.5) is 8.78 Å². The molecule has 3 aromatic heterocycles. The molecule has 45 heavy (non-hydrogen) atoms. The predicted molar refractivity (Wildman–Crippen MR) is 171 cm³/mol. The first-order valence-electron chi connectivity index (χ1n) is 15.9. The van der Waals surface area contributed by atoms with Crippen molar-refractivity contribution in [3.63, 3.8) is 0 Å². The van der Waals surface area contributed by atoms with Gasteiger partial charge in [0.1, 0.15) is 17.0 Å². The van der Waals surface area contributed by atoms with Gasteiger partial charge in [-0.05, 0) is 92.5 Å². The third-order valence-corrected chi connectivity index (χ3v) is 9.74. The maximum absolute atomic E-state index is 15.5. The highest BCUT2D eigenvalue weighted by Crippen LogP contribution is 2.38. The Balaban J connectivity index is 1.25. The van der Waals surface area contributed by atoms with E-state index in [1.54, 1.807) is 30.7 Å². The number of aryl methyl sites for hydroxylation is 1. The van der Waals surface area contributed by atoms with Crippen LogP contribution in [0.1, 0.15) is 79.7 Å². The number of pyridine rings is 3. The van der Waals surface area contributed by atoms with E-state index in [-0.39, 0.29) is 29.5 Å². The molecule has 2 N–H and O–H groups in total. The number of halogens is 2. The molecule has 2 aliphatic rings. The smallest absolute Gasteiger partial charge is 0.251 e. The van der Waals surface area contributed by atoms with Gasteiger partial charge in [0, 0.05) is 66.9 Å². The molecule has 4 heterocycles. The first-order chi connectivity index (χ1) is 21.5. The number of nitrogens with zero attached hydrogens (tertiary/aromatic N) is 4. The highest BCUT2D eigenvalue weighted by atomic mass is 19.1. The molecule has 236 valence electrons. The van der Waals surface area contributed by atoms with Crippen LogP contribution in [0.5, 0.6) is 0 Å². The highest BCUT2D eigenvalue weighted by molar-refractivity contribution is 5.98. The van der Waals surface area contributed by atoms with Crippen LogP contribution in [-0.4, -0.2) is 61.8 Å². The number of rotatable bonds is 8. The molecule has 1 fully saturated rings. The van der Waals surface area contributed by atoms with Gasteiger partial charge in [-0.2, -0.15) is 0 Å². The Labute approximate surface area is 263 Å². The fourth-order valence-electron chi connectivity index (χ4n) is 6.49. The normalized spacial score (nSPS) is 20.6. The van der Waals surface area contributed by atoms with E-state index in [9.17, 15) is 9.90 Å². The molecule has 4 aromatic rings. The van der Waals surface area contributed by atoms with Gasteiger partial charge in [0.05, 0.1) is 17.3 Å². The number of carbonyl (C=O) groups excluding carboxylic acids is 1. The van der Waals surface area contributed by atoms with Crippen LogP contribution in [0.25, 0.3) is 22.2 Å². The lowest BCUT2D eigenvalue weighted by Crippen LogP contribution is -2.43. The monoisotopic (exact) mass is 613 g/mol. The van der Waals surface area contributed by atoms with Crippen molar-refractivity contribution >= 4 is 16.8 Å². The van der Waals surface area contributed by atoms with Crippen molar-refractivity contribution in [1.29, 1.82) is 0 Å². The first-order valence-corrected chi connectivity index (χ1v) is 15.9. The van der Waals surface area contributed by atoms with E-state index in [2.05, 4.69) is 25.2 Å². The fraction of sp³-hybridized carbons (Fsp3) is 0.444. The zero-order valence-corrected chi connectivity index (χ0v) is 26.2. The molecule has 1 aliphatic heterocycles. The van der Waals surface area contributed by atoms with Crippen LogP contribution in [0.15, 0.2) is 61.1 Å². The summed E-state index contributed by atoms with van der Waals surface area (Å²) in [7, 11) is 0. The van der Waals surface area contributed by atoms with Crippen LogP contribution in [0.3, 0.4) is 0 Å². The summed E-state index contributed by atoms with van der Waals surface area (Å²) in [6, 6.07) is 12.0. The molecule has 0 radical (unpaired) electrons. The largest absolute Gasteiger partial charge is 0.390 e. The van der Waals surface area contributed by atoms with Crippen LogP contribution >= 0.6 is 0 Å². The highest BCUT2D eigenvalue weighted by Gasteiger charge is 2.38. The van der Waals surface area contributed by atoms with Gasteiger partial charge in [-0.1, -0.05) is 19.9 Å². The number of amides is 1. The minimum atomic E-state index is -1.33. The maximum Gasteiger partial charge on any atom is 0.251 e. The summed E-state index contributed by atoms with van der Waals surface area (Å²) < 4.78 is 31.0. The van der Waals surface area contributed by atoms with Crippen molar-refractivity contribution in [3.8, 4) is 11.3 Å². The van der Waals surface area contributed by atoms with Crippen LogP contribution in [-0.2, 0) is 12.8 Å². The first kappa shape index (κ1) is 31.2. The zero-order chi connectivity index (χ0) is 31.8. The van der Waals surface area contributed by atoms with Gasteiger partial charge in [-0.25, -0.2) is 13.8 Å². The standard InChI is InChI=1S/C36H41F2N5O2/c1-23(2)36(38)10-6-31-28(21-36)19-26-18-27(20-29(37)33(26)41-31)34(44)42-32(9-15-43-16-11-35(3,45)12-17-43)25-4-5-30(40-22-25)24-7-13-39-14-8-24/h4-5,7-8,13-14,18-20,22-23,32,45H,6,9-12,15-17,21H2,1-3H3,(H,42,44). The SMILES string of the molecule is CC(C)C1(F)CCc2nc3c(F)cc(C(=O)NC(CCN4CCC(C)(O)CC4)c4ccc(-c5ccncc5)nc4)cc3cc2C1. The van der Waals surface area contributed by atoms with Crippen molar-refractivity contribution in [2.24, 2.45) is 5.92 Å². The summed E-state index contributed by atoms with van der Waals surface area (Å²) in [6.45, 7) is 7.91. The molecule has 2 unspecified atom stereocenters. The van der Waals surface area contributed by atoms with Crippen molar-refractivity contribution in [2.75, 3.05) is 19.6 Å². The second-order valence-electron chi connectivity index (χ2n) is 13.4. The summed E-state index contributed by atoms with van der Waals surface area (Å²) >= 11 is 0. The Morgan fingerprint density at radius 2 is 1.84 bits per heavy atom. The molecule has 0 bridgehead atoms. The molecule has 0 spiro atoms. The summed E-state index contributed by atoms with van der Waals surface area (Å²) in [5, 5.41) is 14.0. The summed E-state index contributed by atoms with van der Waals surface area (Å²) in [4.78, 5) is 29.3. The fourth-order valence-corrected chi connectivity index (χ4v) is 6.49. The van der Waals surface area contributed by atoms with Gasteiger partial charge in [0.2, 0.25) is 0 Å². The predicted octanol–water partition coefficient (Wildman–Crippen LogP) is 6.39. The van der Waals surface area contributed by atoms with Gasteiger partial charge in [0.25, 0.3) is 5.91 Å². The van der Waals surface area contributed by atoms with E-state index in [1.807, 2.05) is 45.0 Å². The minimum Gasteiger partial charge on any atom is -0.390 e. The topological polar surface area (TPSA) is 91.2 Å². The second kappa shape index (κ2) is 12.5. The lowest BCUT2D eigenvalue weighted by atomic mass is 9.77. The number of carbonyl (C=O) groups is 1. The van der Waals surface area contributed by atoms with Crippen molar-refractivity contribution in [3.05, 3.63) is 89.3 Å². The molecule has 9 heteroatoms. The molecule has 1 aliphatic carbocycles. The Morgan fingerprint density at radius 3 is 2.53 bits per heavy atom. The Kier molecular flexibility index (Phi) is 8.68. The molecular weight excluding hydrogens is 572 g/mol. The van der Waals surface area contributed by atoms with E-state index in [0.29, 0.717) is 37.5 Å². The van der Waals surface area contributed by atoms with E-state index >= 15 is 8.78 Å². The second-order valence-corrected chi connectivity index (χ2v) is 13.4. The van der Waals surface area contributed by atoms with Gasteiger partial charge in [0.15, 0.2) is 0 Å². The molecule has 1 amide bonds.